The molecule has 1 aliphatic heterocycles. The van der Waals surface area contributed by atoms with Crippen molar-refractivity contribution < 1.29 is 22.3 Å². The van der Waals surface area contributed by atoms with Crippen molar-refractivity contribution in [3.63, 3.8) is 0 Å². The Morgan fingerprint density at radius 3 is 2.64 bits per heavy atom. The number of likely N-dealkylation sites (N-methyl/N-ethyl adjacent to an activating group) is 1. The van der Waals surface area contributed by atoms with Crippen LogP contribution in [-0.4, -0.2) is 49.3 Å². The second kappa shape index (κ2) is 10.9. The first kappa shape index (κ1) is 27.2. The maximum Gasteiger partial charge on any atom is 0.331 e. The van der Waals surface area contributed by atoms with Gasteiger partial charge in [-0.25, -0.2) is 22.3 Å². The Bertz CT molecular complexity index is 1450. The third-order valence-electron chi connectivity index (χ3n) is 5.20. The summed E-state index contributed by atoms with van der Waals surface area (Å²) in [6.45, 7) is -0.0826. The number of hydrogen-bond acceptors (Lipinski definition) is 6. The fourth-order valence-corrected chi connectivity index (χ4v) is 6.77. The topological polar surface area (TPSA) is 93.5 Å². The van der Waals surface area contributed by atoms with Gasteiger partial charge in [0.2, 0.25) is 0 Å². The van der Waals surface area contributed by atoms with Crippen LogP contribution in [0.2, 0.25) is 19.4 Å². The molecule has 0 saturated carbocycles. The Labute approximate surface area is 230 Å². The summed E-state index contributed by atoms with van der Waals surface area (Å²) in [4.78, 5) is 13.4. The number of hydrogen-bond donors (Lipinski definition) is 1. The molecule has 36 heavy (non-hydrogen) atoms. The highest BCUT2D eigenvalue weighted by Gasteiger charge is 2.27. The molecule has 4 rings (SSSR count). The van der Waals surface area contributed by atoms with Crippen LogP contribution in [0.5, 0.6) is 0 Å². The summed E-state index contributed by atoms with van der Waals surface area (Å²) < 4.78 is 49.2. The van der Waals surface area contributed by atoms with E-state index in [0.717, 1.165) is 16.5 Å². The molecule has 3 heterocycles. The van der Waals surface area contributed by atoms with Crippen molar-refractivity contribution in [2.24, 2.45) is 0 Å². The van der Waals surface area contributed by atoms with Gasteiger partial charge in [-0.1, -0.05) is 52.5 Å². The predicted molar refractivity (Wildman–Crippen MR) is 138 cm³/mol. The van der Waals surface area contributed by atoms with E-state index in [1.807, 2.05) is 4.72 Å². The van der Waals surface area contributed by atoms with E-state index in [-0.39, 0.29) is 38.9 Å². The van der Waals surface area contributed by atoms with Crippen LogP contribution in [0, 0.1) is 0 Å². The molecular formula is C21H17Cl4FN4O4S2. The van der Waals surface area contributed by atoms with E-state index in [1.54, 1.807) is 29.1 Å². The molecule has 1 aromatic carbocycles. The van der Waals surface area contributed by atoms with Crippen molar-refractivity contribution in [2.45, 2.75) is 17.4 Å². The number of urea groups is 1. The summed E-state index contributed by atoms with van der Waals surface area (Å²) in [5.74, 6) is -0.683. The number of halogens is 5. The van der Waals surface area contributed by atoms with Crippen molar-refractivity contribution >= 4 is 79.4 Å². The highest BCUT2D eigenvalue weighted by Crippen LogP contribution is 2.34. The van der Waals surface area contributed by atoms with Crippen LogP contribution in [0.1, 0.15) is 16.8 Å². The van der Waals surface area contributed by atoms with E-state index < -0.39 is 28.4 Å². The normalized spacial score (nSPS) is 14.9. The second-order valence-electron chi connectivity index (χ2n) is 7.74. The lowest BCUT2D eigenvalue weighted by Gasteiger charge is -2.22. The first-order valence-electron chi connectivity index (χ1n) is 10.1. The number of benzene rings is 1. The third kappa shape index (κ3) is 5.83. The van der Waals surface area contributed by atoms with Gasteiger partial charge in [-0.2, -0.15) is 5.10 Å². The second-order valence-corrected chi connectivity index (χ2v) is 12.6. The monoisotopic (exact) mass is 612 g/mol. The number of aromatic nitrogens is 2. The van der Waals surface area contributed by atoms with Crippen LogP contribution in [0.25, 0.3) is 5.57 Å². The average molecular weight is 614 g/mol. The minimum absolute atomic E-state index is 0.0447. The summed E-state index contributed by atoms with van der Waals surface area (Å²) in [7, 11) is -2.99. The number of nitrogens with zero attached hydrogens (tertiary/aromatic N) is 3. The number of amides is 2. The number of fused-ring (bicyclic) bond motifs is 1. The van der Waals surface area contributed by atoms with Gasteiger partial charge in [0.15, 0.2) is 0 Å². The number of rotatable bonds is 6. The van der Waals surface area contributed by atoms with Crippen LogP contribution in [0.15, 0.2) is 40.5 Å². The minimum atomic E-state index is -4.25. The first-order chi connectivity index (χ1) is 17.0. The van der Waals surface area contributed by atoms with E-state index in [2.05, 4.69) is 5.10 Å². The van der Waals surface area contributed by atoms with Crippen molar-refractivity contribution in [2.75, 3.05) is 20.2 Å². The van der Waals surface area contributed by atoms with Crippen molar-refractivity contribution in [1.29, 1.82) is 0 Å². The molecule has 0 atom stereocenters. The number of thiophene rings is 1. The number of carbonyl (C=O) groups is 1. The quantitative estimate of drug-likeness (QED) is 0.377. The van der Waals surface area contributed by atoms with Crippen molar-refractivity contribution in [3.8, 4) is 0 Å². The molecular weight excluding hydrogens is 597 g/mol. The van der Waals surface area contributed by atoms with Gasteiger partial charge in [0, 0.05) is 28.2 Å². The summed E-state index contributed by atoms with van der Waals surface area (Å²) in [6.07, 6.45) is 1.58. The first-order valence-corrected chi connectivity index (χ1v) is 13.9. The Kier molecular flexibility index (Phi) is 8.20. The summed E-state index contributed by atoms with van der Waals surface area (Å²) in [5.41, 5.74) is 2.10. The summed E-state index contributed by atoms with van der Waals surface area (Å²) >= 11 is 24.6. The molecule has 0 aliphatic carbocycles. The van der Waals surface area contributed by atoms with E-state index in [9.17, 15) is 13.2 Å². The molecule has 1 aliphatic rings. The lowest BCUT2D eigenvalue weighted by atomic mass is 10.1. The Balaban J connectivity index is 1.54. The molecule has 0 spiro atoms. The van der Waals surface area contributed by atoms with Crippen molar-refractivity contribution in [3.05, 3.63) is 72.5 Å². The lowest BCUT2D eigenvalue weighted by molar-refractivity contribution is 0.144. The molecule has 0 bridgehead atoms. The molecule has 2 aromatic heterocycles. The maximum atomic E-state index is 15.4. The Hall–Kier alpha value is -1.86. The van der Waals surface area contributed by atoms with Gasteiger partial charge in [0.1, 0.15) is 14.4 Å². The minimum Gasteiger partial charge on any atom is -0.372 e. The van der Waals surface area contributed by atoms with Gasteiger partial charge < -0.3 is 9.64 Å². The van der Waals surface area contributed by atoms with Gasteiger partial charge in [0.05, 0.1) is 43.2 Å². The van der Waals surface area contributed by atoms with Crippen LogP contribution in [0.4, 0.5) is 9.18 Å². The summed E-state index contributed by atoms with van der Waals surface area (Å²) in [6, 6.07) is 5.14. The van der Waals surface area contributed by atoms with E-state index in [1.165, 1.54) is 7.05 Å². The number of carbonyl (C=O) groups excluding carboxylic acids is 1. The number of sulfonamides is 1. The zero-order valence-electron chi connectivity index (χ0n) is 18.4. The fourth-order valence-electron chi connectivity index (χ4n) is 3.43. The standard InChI is InChI=1S/C21H17Cl4FN4O4S2/c1-29(21(31)28-36(32,33)18-5-16(24)20(25)35-18)8-17(26)14-10-34-9-12-6-27-30(19(12)14)7-11-2-3-13(22)4-15(11)23/h2-6H,7-10H2,1H3,(H,28,31). The molecule has 0 unspecified atom stereocenters. The van der Waals surface area contributed by atoms with Crippen LogP contribution < -0.4 is 4.72 Å². The Morgan fingerprint density at radius 1 is 1.22 bits per heavy atom. The van der Waals surface area contributed by atoms with Gasteiger partial charge in [-0.3, -0.25) is 4.68 Å². The zero-order valence-corrected chi connectivity index (χ0v) is 23.1. The molecule has 2 amide bonds. The SMILES string of the molecule is CN(CC(F)=C1COCc2cnn(Cc3ccc(Cl)cc3Cl)c21)C(=O)NS(=O)(=O)c1cc(Cl)c(Cl)s1. The van der Waals surface area contributed by atoms with E-state index in [4.69, 9.17) is 51.1 Å². The molecule has 3 aromatic rings. The third-order valence-corrected chi connectivity index (χ3v) is 9.45. The number of nitrogens with one attached hydrogen (secondary N) is 1. The molecule has 0 fully saturated rings. The Morgan fingerprint density at radius 2 is 1.97 bits per heavy atom. The molecule has 15 heteroatoms. The van der Waals surface area contributed by atoms with Crippen LogP contribution in [0.3, 0.4) is 0 Å². The molecule has 192 valence electrons. The largest absolute Gasteiger partial charge is 0.372 e. The van der Waals surface area contributed by atoms with Crippen LogP contribution in [-0.2, 0) is 27.9 Å². The average Bonchev–Trinajstić information content (AvgIpc) is 3.38. The predicted octanol–water partition coefficient (Wildman–Crippen LogP) is 5.85. The highest BCUT2D eigenvalue weighted by atomic mass is 35.5. The molecule has 0 radical (unpaired) electrons. The van der Waals surface area contributed by atoms with Crippen molar-refractivity contribution in [1.82, 2.24) is 19.4 Å². The highest BCUT2D eigenvalue weighted by molar-refractivity contribution is 7.92. The zero-order chi connectivity index (χ0) is 26.2. The fraction of sp³-hybridized carbons (Fsp3) is 0.238. The number of ether oxygens (including phenoxy) is 1. The van der Waals surface area contributed by atoms with Gasteiger partial charge in [0.25, 0.3) is 10.0 Å². The molecule has 0 saturated heterocycles. The molecule has 8 nitrogen and oxygen atoms in total. The summed E-state index contributed by atoms with van der Waals surface area (Å²) in [5, 5.41) is 5.32. The van der Waals surface area contributed by atoms with Gasteiger partial charge in [-0.15, -0.1) is 11.3 Å². The van der Waals surface area contributed by atoms with E-state index in [0.29, 0.717) is 32.6 Å². The van der Waals surface area contributed by atoms with Gasteiger partial charge >= 0.3 is 6.03 Å². The van der Waals surface area contributed by atoms with Gasteiger partial charge in [-0.05, 0) is 23.8 Å². The lowest BCUT2D eigenvalue weighted by Crippen LogP contribution is -2.41. The molecule has 1 N–H and O–H groups in total. The van der Waals surface area contributed by atoms with Crippen LogP contribution >= 0.6 is 57.7 Å². The maximum absolute atomic E-state index is 15.4. The smallest absolute Gasteiger partial charge is 0.331 e. The van der Waals surface area contributed by atoms with E-state index >= 15 is 4.39 Å².